The van der Waals surface area contributed by atoms with Gasteiger partial charge in [-0.2, -0.15) is 4.98 Å². The third kappa shape index (κ3) is 4.98. The Hall–Kier alpha value is -3.68. The molecule has 188 valence electrons. The summed E-state index contributed by atoms with van der Waals surface area (Å²) in [6.07, 6.45) is 2.34. The molecule has 3 aromatic rings. The molecule has 1 heterocycles. The first-order valence-electron chi connectivity index (χ1n) is 12.3. The molecule has 0 aliphatic heterocycles. The van der Waals surface area contributed by atoms with E-state index >= 15 is 0 Å². The summed E-state index contributed by atoms with van der Waals surface area (Å²) in [6.45, 7) is 6.13. The molecule has 8 nitrogen and oxygen atoms in total. The van der Waals surface area contributed by atoms with E-state index in [4.69, 9.17) is 14.0 Å². The second kappa shape index (κ2) is 9.08. The van der Waals surface area contributed by atoms with Gasteiger partial charge in [0.2, 0.25) is 0 Å². The van der Waals surface area contributed by atoms with Crippen molar-refractivity contribution in [3.8, 4) is 11.5 Å². The normalized spacial score (nSPS) is 19.9. The molecule has 2 saturated carbocycles. The number of carbonyl (C=O) groups is 2. The summed E-state index contributed by atoms with van der Waals surface area (Å²) in [7, 11) is 1.35. The van der Waals surface area contributed by atoms with Crippen LogP contribution in [0, 0.1) is 0 Å². The molecule has 5 rings (SSSR count). The van der Waals surface area contributed by atoms with Crippen LogP contribution in [0.2, 0.25) is 0 Å². The van der Waals surface area contributed by atoms with Crippen molar-refractivity contribution in [3.63, 3.8) is 0 Å². The highest BCUT2D eigenvalue weighted by Crippen LogP contribution is 2.52. The van der Waals surface area contributed by atoms with Crippen LogP contribution in [0.1, 0.15) is 67.7 Å². The summed E-state index contributed by atoms with van der Waals surface area (Å²) in [5, 5.41) is 4.29. The zero-order chi connectivity index (χ0) is 25.5. The van der Waals surface area contributed by atoms with Gasteiger partial charge in [-0.3, -0.25) is 0 Å². The number of benzene rings is 2. The minimum atomic E-state index is -0.584. The van der Waals surface area contributed by atoms with E-state index in [0.29, 0.717) is 35.3 Å². The van der Waals surface area contributed by atoms with Gasteiger partial charge in [0.25, 0.3) is 5.89 Å². The molecule has 2 atom stereocenters. The highest BCUT2D eigenvalue weighted by atomic mass is 16.6. The van der Waals surface area contributed by atoms with E-state index < -0.39 is 11.6 Å². The van der Waals surface area contributed by atoms with Gasteiger partial charge in [-0.05, 0) is 69.9 Å². The number of hydrogen-bond donors (Lipinski definition) is 0. The number of methoxy groups -OCH3 is 1. The van der Waals surface area contributed by atoms with Crippen molar-refractivity contribution in [1.82, 2.24) is 15.0 Å². The lowest BCUT2D eigenvalue weighted by atomic mass is 10.1. The SMILES string of the molecule is COC(=O)c1ccc(-c2nc(C3(CN(C(=O)OC(C)(C)C)[C@H]4CC4c4ccccc4)CC3)no2)cc1. The first-order valence-corrected chi connectivity index (χ1v) is 12.3. The Kier molecular flexibility index (Phi) is 6.06. The monoisotopic (exact) mass is 489 g/mol. The largest absolute Gasteiger partial charge is 0.465 e. The zero-order valence-electron chi connectivity index (χ0n) is 21.1. The van der Waals surface area contributed by atoms with Crippen LogP contribution in [0.4, 0.5) is 4.79 Å². The highest BCUT2D eigenvalue weighted by Gasteiger charge is 2.55. The number of hydrogen-bond acceptors (Lipinski definition) is 7. The molecule has 0 saturated heterocycles. The number of carbonyl (C=O) groups excluding carboxylic acids is 2. The molecule has 1 unspecified atom stereocenters. The second-order valence-electron chi connectivity index (χ2n) is 10.7. The molecular formula is C28H31N3O5. The van der Waals surface area contributed by atoms with Gasteiger partial charge in [0.15, 0.2) is 5.82 Å². The van der Waals surface area contributed by atoms with Gasteiger partial charge in [-0.15, -0.1) is 0 Å². The first kappa shape index (κ1) is 24.0. The number of rotatable bonds is 7. The third-order valence-corrected chi connectivity index (χ3v) is 6.79. The molecule has 1 amide bonds. The molecule has 36 heavy (non-hydrogen) atoms. The zero-order valence-corrected chi connectivity index (χ0v) is 21.1. The molecular weight excluding hydrogens is 458 g/mol. The van der Waals surface area contributed by atoms with Gasteiger partial charge >= 0.3 is 12.1 Å². The van der Waals surface area contributed by atoms with Crippen molar-refractivity contribution >= 4 is 12.1 Å². The van der Waals surface area contributed by atoms with Crippen LogP contribution >= 0.6 is 0 Å². The van der Waals surface area contributed by atoms with E-state index in [-0.39, 0.29) is 17.6 Å². The van der Waals surface area contributed by atoms with E-state index in [1.165, 1.54) is 12.7 Å². The van der Waals surface area contributed by atoms with Gasteiger partial charge in [-0.1, -0.05) is 35.5 Å². The molecule has 2 aliphatic carbocycles. The lowest BCUT2D eigenvalue weighted by Gasteiger charge is -2.30. The van der Waals surface area contributed by atoms with E-state index in [0.717, 1.165) is 19.3 Å². The highest BCUT2D eigenvalue weighted by molar-refractivity contribution is 5.89. The van der Waals surface area contributed by atoms with E-state index in [1.807, 2.05) is 43.9 Å². The Labute approximate surface area is 210 Å². The number of aromatic nitrogens is 2. The lowest BCUT2D eigenvalue weighted by Crippen LogP contribution is -2.43. The van der Waals surface area contributed by atoms with Crippen molar-refractivity contribution in [2.24, 2.45) is 0 Å². The minimum Gasteiger partial charge on any atom is -0.465 e. The van der Waals surface area contributed by atoms with Crippen LogP contribution in [0.5, 0.6) is 0 Å². The van der Waals surface area contributed by atoms with Gasteiger partial charge < -0.3 is 18.9 Å². The number of esters is 1. The standard InChI is InChI=1S/C28H31N3O5/c1-27(2,3)35-26(33)31(22-16-21(22)18-8-6-5-7-9-18)17-28(14-15-28)25-29-23(36-30-25)19-10-12-20(13-11-19)24(32)34-4/h5-13,21-22H,14-17H2,1-4H3/t21?,22-/m0/s1. The lowest BCUT2D eigenvalue weighted by molar-refractivity contribution is 0.0208. The summed E-state index contributed by atoms with van der Waals surface area (Å²) < 4.78 is 16.1. The maximum Gasteiger partial charge on any atom is 0.410 e. The predicted octanol–water partition coefficient (Wildman–Crippen LogP) is 5.35. The van der Waals surface area contributed by atoms with Crippen LogP contribution in [0.3, 0.4) is 0 Å². The maximum absolute atomic E-state index is 13.3. The summed E-state index contributed by atoms with van der Waals surface area (Å²) in [6, 6.07) is 17.2. The molecule has 0 N–H and O–H groups in total. The van der Waals surface area contributed by atoms with Gasteiger partial charge in [0, 0.05) is 24.1 Å². The fraction of sp³-hybridized carbons (Fsp3) is 0.429. The van der Waals surface area contributed by atoms with Crippen LogP contribution in [-0.2, 0) is 14.9 Å². The van der Waals surface area contributed by atoms with Crippen molar-refractivity contribution < 1.29 is 23.6 Å². The summed E-state index contributed by atoms with van der Waals surface area (Å²) in [4.78, 5) is 31.6. The minimum absolute atomic E-state index is 0.0805. The Morgan fingerprint density at radius 2 is 1.78 bits per heavy atom. The fourth-order valence-electron chi connectivity index (χ4n) is 4.57. The van der Waals surface area contributed by atoms with Crippen molar-refractivity contribution in [3.05, 3.63) is 71.5 Å². The van der Waals surface area contributed by atoms with Gasteiger partial charge in [-0.25, -0.2) is 9.59 Å². The summed E-state index contributed by atoms with van der Waals surface area (Å²) >= 11 is 0. The average molecular weight is 490 g/mol. The van der Waals surface area contributed by atoms with Gasteiger partial charge in [0.05, 0.1) is 18.1 Å². The van der Waals surface area contributed by atoms with Crippen LogP contribution < -0.4 is 0 Å². The molecule has 1 aromatic heterocycles. The molecule has 0 bridgehead atoms. The summed E-state index contributed by atoms with van der Waals surface area (Å²) in [5.74, 6) is 0.870. The average Bonchev–Trinajstić information content (AvgIpc) is 3.78. The predicted molar refractivity (Wildman–Crippen MR) is 133 cm³/mol. The first-order chi connectivity index (χ1) is 17.2. The molecule has 2 aromatic carbocycles. The van der Waals surface area contributed by atoms with Crippen LogP contribution in [0.25, 0.3) is 11.5 Å². The van der Waals surface area contributed by atoms with Crippen molar-refractivity contribution in [2.45, 2.75) is 63.0 Å². The number of nitrogens with zero attached hydrogens (tertiary/aromatic N) is 3. The fourth-order valence-corrected chi connectivity index (χ4v) is 4.57. The van der Waals surface area contributed by atoms with E-state index in [1.54, 1.807) is 24.3 Å². The molecule has 8 heteroatoms. The third-order valence-electron chi connectivity index (χ3n) is 6.79. The Balaban J connectivity index is 1.35. The molecule has 0 spiro atoms. The quantitative estimate of drug-likeness (QED) is 0.413. The van der Waals surface area contributed by atoms with E-state index in [2.05, 4.69) is 22.3 Å². The Morgan fingerprint density at radius 1 is 1.08 bits per heavy atom. The van der Waals surface area contributed by atoms with Crippen LogP contribution in [-0.4, -0.2) is 52.4 Å². The molecule has 2 aliphatic rings. The smallest absolute Gasteiger partial charge is 0.410 e. The molecule has 0 radical (unpaired) electrons. The molecule has 2 fully saturated rings. The van der Waals surface area contributed by atoms with Gasteiger partial charge in [0.1, 0.15) is 5.60 Å². The topological polar surface area (TPSA) is 94.8 Å². The number of ether oxygens (including phenoxy) is 2. The van der Waals surface area contributed by atoms with Crippen molar-refractivity contribution in [1.29, 1.82) is 0 Å². The van der Waals surface area contributed by atoms with Crippen molar-refractivity contribution in [2.75, 3.05) is 13.7 Å². The maximum atomic E-state index is 13.3. The second-order valence-corrected chi connectivity index (χ2v) is 10.7. The Morgan fingerprint density at radius 3 is 2.39 bits per heavy atom. The Bertz CT molecular complexity index is 1240. The van der Waals surface area contributed by atoms with E-state index in [9.17, 15) is 9.59 Å². The van der Waals surface area contributed by atoms with Crippen LogP contribution in [0.15, 0.2) is 59.1 Å². The number of amides is 1. The summed E-state index contributed by atoms with van der Waals surface area (Å²) in [5.41, 5.74) is 1.46.